The molecule has 0 aliphatic rings. The quantitative estimate of drug-likeness (QED) is 0.0483. The smallest absolute Gasteiger partial charge is 0.550 e. The van der Waals surface area contributed by atoms with Gasteiger partial charge >= 0.3 is 29.6 Å². The molecule has 0 aliphatic carbocycles. The fourth-order valence-electron chi connectivity index (χ4n) is 5.17. The molecule has 14 heteroatoms. The number of aromatic nitrogens is 1. The van der Waals surface area contributed by atoms with Gasteiger partial charge in [0.25, 0.3) is 5.91 Å². The molecule has 1 amide bonds. The van der Waals surface area contributed by atoms with Gasteiger partial charge < -0.3 is 30.0 Å². The Labute approximate surface area is 302 Å². The van der Waals surface area contributed by atoms with E-state index in [9.17, 15) is 33.7 Å². The molecule has 2 atom stereocenters. The van der Waals surface area contributed by atoms with Crippen molar-refractivity contribution in [2.24, 2.45) is 5.90 Å². The van der Waals surface area contributed by atoms with Crippen molar-refractivity contribution in [2.45, 2.75) is 50.7 Å². The van der Waals surface area contributed by atoms with Crippen molar-refractivity contribution in [1.29, 1.82) is 0 Å². The van der Waals surface area contributed by atoms with Gasteiger partial charge in [0.05, 0.1) is 12.2 Å². The second-order valence-corrected chi connectivity index (χ2v) is 11.6. The van der Waals surface area contributed by atoms with Gasteiger partial charge in [-0.1, -0.05) is 42.5 Å². The number of carbonyl (C=O) groups is 2. The molecule has 4 rings (SSSR count). The van der Waals surface area contributed by atoms with Crippen molar-refractivity contribution in [1.82, 2.24) is 4.57 Å². The van der Waals surface area contributed by atoms with E-state index in [1.54, 1.807) is 47.0 Å². The predicted octanol–water partition coefficient (Wildman–Crippen LogP) is 2.17. The van der Waals surface area contributed by atoms with Gasteiger partial charge in [-0.15, -0.1) is 9.32 Å². The van der Waals surface area contributed by atoms with Gasteiger partial charge in [0.2, 0.25) is 0 Å². The predicted molar refractivity (Wildman–Crippen MR) is 173 cm³/mol. The normalized spacial score (nSPS) is 12.6. The standard InChI is InChI=1S/C34H35F2N3O7S.Na/c1-20(2)39-29(16-15-27(40)17-28(41)18-30(42)43)31(22-5-9-24(35)10-6-22)32(23-7-11-25(36)12-8-23)33(39)34(44)38-26-13-3-21(4-14-26)19-47-46-45-37;/h3-16,20,27-28,40-41H,17-19,37H2,1-2H3,(H,38,44)(H,42,43);/q;+1/p-1/b16-15+;/t27-,28-;/m0./s1. The summed E-state index contributed by atoms with van der Waals surface area (Å²) in [6.45, 7) is 3.72. The molecule has 3 aromatic carbocycles. The van der Waals surface area contributed by atoms with Gasteiger partial charge in [-0.25, -0.2) is 8.78 Å². The van der Waals surface area contributed by atoms with Gasteiger partial charge in [0.15, 0.2) is 0 Å². The van der Waals surface area contributed by atoms with Crippen molar-refractivity contribution >= 4 is 35.7 Å². The van der Waals surface area contributed by atoms with Crippen molar-refractivity contribution in [3.05, 3.63) is 107 Å². The van der Waals surface area contributed by atoms with Crippen molar-refractivity contribution in [3.63, 3.8) is 0 Å². The number of carboxylic acids is 1. The number of rotatable bonds is 15. The van der Waals surface area contributed by atoms with E-state index in [2.05, 4.69) is 14.6 Å². The van der Waals surface area contributed by atoms with Crippen LogP contribution in [0.2, 0.25) is 0 Å². The van der Waals surface area contributed by atoms with E-state index in [0.717, 1.165) is 17.6 Å². The zero-order valence-corrected chi connectivity index (χ0v) is 29.4. The maximum absolute atomic E-state index is 14.2. The molecule has 248 valence electrons. The largest absolute Gasteiger partial charge is 1.00 e. The molecule has 0 unspecified atom stereocenters. The molecule has 0 radical (unpaired) electrons. The first-order valence-electron chi connectivity index (χ1n) is 14.6. The van der Waals surface area contributed by atoms with Crippen LogP contribution in [0, 0.1) is 11.6 Å². The van der Waals surface area contributed by atoms with Crippen LogP contribution in [-0.4, -0.2) is 38.9 Å². The van der Waals surface area contributed by atoms with Crippen LogP contribution in [0.1, 0.15) is 54.5 Å². The summed E-state index contributed by atoms with van der Waals surface area (Å²) in [5.41, 5.74) is 4.00. The average Bonchev–Trinajstić information content (AvgIpc) is 3.37. The Morgan fingerprint density at radius 1 is 0.958 bits per heavy atom. The van der Waals surface area contributed by atoms with Crippen molar-refractivity contribution < 1.29 is 72.6 Å². The number of anilines is 1. The number of aliphatic carboxylic acids is 1. The minimum absolute atomic E-state index is 0. The van der Waals surface area contributed by atoms with Gasteiger partial charge in [0, 0.05) is 65.2 Å². The number of nitrogens with two attached hydrogens (primary N) is 1. The molecule has 1 heterocycles. The number of benzene rings is 3. The number of hydrogen-bond acceptors (Lipinski definition) is 9. The summed E-state index contributed by atoms with van der Waals surface area (Å²) in [4.78, 5) is 29.2. The number of carboxylic acid groups (broad SMARTS) is 1. The van der Waals surface area contributed by atoms with Crippen molar-refractivity contribution in [3.8, 4) is 22.3 Å². The van der Waals surface area contributed by atoms with Crippen LogP contribution < -0.4 is 45.9 Å². The Morgan fingerprint density at radius 3 is 2.04 bits per heavy atom. The van der Waals surface area contributed by atoms with Gasteiger partial charge in [-0.3, -0.25) is 4.79 Å². The first-order valence-corrected chi connectivity index (χ1v) is 15.5. The minimum atomic E-state index is -1.45. The van der Waals surface area contributed by atoms with E-state index in [1.165, 1.54) is 42.5 Å². The number of nitrogens with one attached hydrogen (secondary N) is 1. The van der Waals surface area contributed by atoms with E-state index in [0.29, 0.717) is 39.4 Å². The molecule has 48 heavy (non-hydrogen) atoms. The zero-order valence-electron chi connectivity index (χ0n) is 26.6. The molecular weight excluding hydrogens is 655 g/mol. The third kappa shape index (κ3) is 10.3. The number of aliphatic hydroxyl groups excluding tert-OH is 2. The van der Waals surface area contributed by atoms with E-state index in [4.69, 9.17) is 5.90 Å². The third-order valence-electron chi connectivity index (χ3n) is 7.16. The summed E-state index contributed by atoms with van der Waals surface area (Å²) in [5.74, 6) is 2.40. The average molecular weight is 690 g/mol. The summed E-state index contributed by atoms with van der Waals surface area (Å²) in [6.07, 6.45) is -0.592. The maximum atomic E-state index is 14.2. The summed E-state index contributed by atoms with van der Waals surface area (Å²) >= 11 is 0.989. The Bertz CT molecular complexity index is 1700. The van der Waals surface area contributed by atoms with Gasteiger partial charge in [0.1, 0.15) is 17.3 Å². The monoisotopic (exact) mass is 689 g/mol. The molecule has 0 fully saturated rings. The molecule has 0 saturated heterocycles. The van der Waals surface area contributed by atoms with E-state index < -0.39 is 42.1 Å². The molecular formula is C34H34F2N3NaO7S. The number of nitrogens with zero attached hydrogens (tertiary/aromatic N) is 1. The maximum Gasteiger partial charge on any atom is 1.00 e. The fraction of sp³-hybridized carbons (Fsp3) is 0.235. The second kappa shape index (κ2) is 18.4. The Balaban J connectivity index is 0.00000625. The van der Waals surface area contributed by atoms with Crippen molar-refractivity contribution in [2.75, 3.05) is 5.32 Å². The zero-order chi connectivity index (χ0) is 34.1. The van der Waals surface area contributed by atoms with Crippen LogP contribution in [0.15, 0.2) is 78.9 Å². The van der Waals surface area contributed by atoms with Crippen LogP contribution in [-0.2, 0) is 19.9 Å². The topological polar surface area (TPSA) is 159 Å². The molecule has 1 aromatic heterocycles. The Kier molecular flexibility index (Phi) is 15.0. The van der Waals surface area contributed by atoms with Gasteiger partial charge in [-0.05, 0) is 73.0 Å². The van der Waals surface area contributed by atoms with Crippen LogP contribution in [0.25, 0.3) is 28.3 Å². The van der Waals surface area contributed by atoms with Crippen LogP contribution >= 0.6 is 12.0 Å². The molecule has 0 bridgehead atoms. The number of amides is 1. The summed E-state index contributed by atoms with van der Waals surface area (Å²) in [7, 11) is 0. The number of carbonyl (C=O) groups excluding carboxylic acids is 2. The first kappa shape index (κ1) is 39.1. The number of halogens is 2. The third-order valence-corrected chi connectivity index (χ3v) is 7.78. The molecule has 0 aliphatic heterocycles. The van der Waals surface area contributed by atoms with Gasteiger partial charge in [-0.2, -0.15) is 5.90 Å². The summed E-state index contributed by atoms with van der Waals surface area (Å²) in [6, 6.07) is 18.0. The molecule has 10 nitrogen and oxygen atoms in total. The van der Waals surface area contributed by atoms with Crippen LogP contribution in [0.4, 0.5) is 14.5 Å². The Morgan fingerprint density at radius 2 is 1.52 bits per heavy atom. The number of hydrogen-bond donors (Lipinski definition) is 4. The molecule has 0 spiro atoms. The SMILES string of the molecule is CC(C)n1c(/C=C/[C@H](O)C[C@H](O)CC(=O)[O-])c(-c2ccc(F)cc2)c(-c2ccc(F)cc2)c1C(=O)Nc1ccc(CSOON)cc1.[Na+]. The first-order chi connectivity index (χ1) is 22.5. The van der Waals surface area contributed by atoms with E-state index in [1.807, 2.05) is 13.8 Å². The minimum Gasteiger partial charge on any atom is -0.550 e. The molecule has 5 N–H and O–H groups in total. The summed E-state index contributed by atoms with van der Waals surface area (Å²) in [5, 5.41) is 34.5. The van der Waals surface area contributed by atoms with Crippen LogP contribution in [0.5, 0.6) is 0 Å². The van der Waals surface area contributed by atoms with Crippen LogP contribution in [0.3, 0.4) is 0 Å². The van der Waals surface area contributed by atoms with E-state index >= 15 is 0 Å². The second-order valence-electron chi connectivity index (χ2n) is 10.9. The summed E-state index contributed by atoms with van der Waals surface area (Å²) < 4.78 is 34.6. The molecule has 4 aromatic rings. The fourth-order valence-corrected chi connectivity index (χ4v) is 5.60. The number of aliphatic hydroxyl groups is 2. The van der Waals surface area contributed by atoms with E-state index in [-0.39, 0.29) is 47.7 Å². The molecule has 0 saturated carbocycles. The Hall–Kier alpha value is -3.37.